The van der Waals surface area contributed by atoms with Gasteiger partial charge in [0.1, 0.15) is 5.52 Å². The molecule has 0 atom stereocenters. The summed E-state index contributed by atoms with van der Waals surface area (Å²) in [7, 11) is 0. The van der Waals surface area contributed by atoms with Crippen molar-refractivity contribution in [1.82, 2.24) is 15.2 Å². The van der Waals surface area contributed by atoms with Gasteiger partial charge in [-0.2, -0.15) is 5.10 Å². The number of hydrogen-bond donors (Lipinski definition) is 2. The van der Waals surface area contributed by atoms with Crippen LogP contribution in [0, 0.1) is 0 Å². The lowest BCUT2D eigenvalue weighted by Gasteiger charge is -2.09. The monoisotopic (exact) mass is 202 g/mol. The SMILES string of the molecule is c1cnc2c(NC3CCCC3)n[nH]c2c1. The molecule has 1 aliphatic rings. The Morgan fingerprint density at radius 1 is 1.33 bits per heavy atom. The number of H-pyrrole nitrogens is 1. The highest BCUT2D eigenvalue weighted by molar-refractivity contribution is 5.85. The molecule has 15 heavy (non-hydrogen) atoms. The van der Waals surface area contributed by atoms with E-state index < -0.39 is 0 Å². The van der Waals surface area contributed by atoms with Crippen LogP contribution in [0.25, 0.3) is 11.0 Å². The Bertz CT molecular complexity index is 456. The molecule has 0 radical (unpaired) electrons. The number of nitrogens with zero attached hydrogens (tertiary/aromatic N) is 2. The summed E-state index contributed by atoms with van der Waals surface area (Å²) in [5.41, 5.74) is 1.95. The van der Waals surface area contributed by atoms with E-state index in [2.05, 4.69) is 20.5 Å². The van der Waals surface area contributed by atoms with Crippen LogP contribution >= 0.6 is 0 Å². The lowest BCUT2D eigenvalue weighted by Crippen LogP contribution is -2.14. The van der Waals surface area contributed by atoms with Crippen molar-refractivity contribution in [2.45, 2.75) is 31.7 Å². The minimum Gasteiger partial charge on any atom is -0.364 e. The second kappa shape index (κ2) is 3.53. The number of pyridine rings is 1. The van der Waals surface area contributed by atoms with Crippen LogP contribution in [0.5, 0.6) is 0 Å². The molecule has 2 N–H and O–H groups in total. The predicted octanol–water partition coefficient (Wildman–Crippen LogP) is 2.31. The van der Waals surface area contributed by atoms with Crippen LogP contribution in [0.2, 0.25) is 0 Å². The second-order valence-electron chi connectivity index (χ2n) is 4.10. The Balaban J connectivity index is 1.90. The van der Waals surface area contributed by atoms with Crippen LogP contribution in [0.4, 0.5) is 5.82 Å². The van der Waals surface area contributed by atoms with E-state index in [9.17, 15) is 0 Å². The molecule has 1 fully saturated rings. The summed E-state index contributed by atoms with van der Waals surface area (Å²) in [6, 6.07) is 4.49. The van der Waals surface area contributed by atoms with Gasteiger partial charge in [-0.05, 0) is 25.0 Å². The molecule has 4 heteroatoms. The minimum absolute atomic E-state index is 0.582. The first-order valence-electron chi connectivity index (χ1n) is 5.49. The van der Waals surface area contributed by atoms with E-state index in [-0.39, 0.29) is 0 Å². The van der Waals surface area contributed by atoms with Gasteiger partial charge in [-0.3, -0.25) is 10.1 Å². The summed E-state index contributed by atoms with van der Waals surface area (Å²) < 4.78 is 0. The third kappa shape index (κ3) is 1.56. The third-order valence-electron chi connectivity index (χ3n) is 3.02. The smallest absolute Gasteiger partial charge is 0.174 e. The molecule has 0 spiro atoms. The number of rotatable bonds is 2. The summed E-state index contributed by atoms with van der Waals surface area (Å²) in [4.78, 5) is 4.33. The maximum atomic E-state index is 4.33. The molecule has 2 aromatic heterocycles. The quantitative estimate of drug-likeness (QED) is 0.785. The number of anilines is 1. The lowest BCUT2D eigenvalue weighted by molar-refractivity contribution is 0.750. The summed E-state index contributed by atoms with van der Waals surface area (Å²) in [6.07, 6.45) is 6.96. The summed E-state index contributed by atoms with van der Waals surface area (Å²) >= 11 is 0. The number of hydrogen-bond acceptors (Lipinski definition) is 3. The number of fused-ring (bicyclic) bond motifs is 1. The van der Waals surface area contributed by atoms with Crippen molar-refractivity contribution >= 4 is 16.9 Å². The van der Waals surface area contributed by atoms with Gasteiger partial charge in [-0.25, -0.2) is 0 Å². The van der Waals surface area contributed by atoms with Crippen LogP contribution in [-0.2, 0) is 0 Å². The van der Waals surface area contributed by atoms with Crippen LogP contribution in [0.3, 0.4) is 0 Å². The lowest BCUT2D eigenvalue weighted by atomic mass is 10.2. The van der Waals surface area contributed by atoms with Gasteiger partial charge in [0, 0.05) is 12.2 Å². The van der Waals surface area contributed by atoms with E-state index in [0.29, 0.717) is 6.04 Å². The van der Waals surface area contributed by atoms with Gasteiger partial charge in [-0.1, -0.05) is 12.8 Å². The molecule has 0 amide bonds. The van der Waals surface area contributed by atoms with Gasteiger partial charge < -0.3 is 5.32 Å². The van der Waals surface area contributed by atoms with Gasteiger partial charge in [0.25, 0.3) is 0 Å². The fourth-order valence-corrected chi connectivity index (χ4v) is 2.22. The van der Waals surface area contributed by atoms with E-state index in [4.69, 9.17) is 0 Å². The molecular formula is C11H14N4. The highest BCUT2D eigenvalue weighted by Crippen LogP contribution is 2.24. The van der Waals surface area contributed by atoms with E-state index in [1.165, 1.54) is 25.7 Å². The molecule has 0 bridgehead atoms. The van der Waals surface area contributed by atoms with Gasteiger partial charge >= 0.3 is 0 Å². The zero-order chi connectivity index (χ0) is 10.1. The Labute approximate surface area is 88.1 Å². The summed E-state index contributed by atoms with van der Waals surface area (Å²) in [5, 5.41) is 10.7. The van der Waals surface area contributed by atoms with Crippen LogP contribution in [0.1, 0.15) is 25.7 Å². The molecule has 3 rings (SSSR count). The highest BCUT2D eigenvalue weighted by atomic mass is 15.2. The van der Waals surface area contributed by atoms with Crippen molar-refractivity contribution in [2.75, 3.05) is 5.32 Å². The Kier molecular flexibility index (Phi) is 2.05. The first-order valence-corrected chi connectivity index (χ1v) is 5.49. The first-order chi connectivity index (χ1) is 7.43. The average molecular weight is 202 g/mol. The normalized spacial score (nSPS) is 17.3. The summed E-state index contributed by atoms with van der Waals surface area (Å²) in [6.45, 7) is 0. The van der Waals surface area contributed by atoms with Crippen molar-refractivity contribution < 1.29 is 0 Å². The maximum absolute atomic E-state index is 4.33. The molecule has 0 aliphatic heterocycles. The molecule has 2 heterocycles. The molecular weight excluding hydrogens is 188 g/mol. The highest BCUT2D eigenvalue weighted by Gasteiger charge is 2.17. The molecule has 4 nitrogen and oxygen atoms in total. The van der Waals surface area contributed by atoms with Crippen molar-refractivity contribution in [1.29, 1.82) is 0 Å². The third-order valence-corrected chi connectivity index (χ3v) is 3.02. The van der Waals surface area contributed by atoms with E-state index in [1.807, 2.05) is 12.1 Å². The number of nitrogens with one attached hydrogen (secondary N) is 2. The zero-order valence-electron chi connectivity index (χ0n) is 8.53. The van der Waals surface area contributed by atoms with E-state index in [1.54, 1.807) is 6.20 Å². The Morgan fingerprint density at radius 2 is 2.20 bits per heavy atom. The van der Waals surface area contributed by atoms with Crippen molar-refractivity contribution in [3.63, 3.8) is 0 Å². The van der Waals surface area contributed by atoms with Crippen molar-refractivity contribution in [3.8, 4) is 0 Å². The Hall–Kier alpha value is -1.58. The fourth-order valence-electron chi connectivity index (χ4n) is 2.22. The van der Waals surface area contributed by atoms with Crippen LogP contribution in [0.15, 0.2) is 18.3 Å². The second-order valence-corrected chi connectivity index (χ2v) is 4.10. The topological polar surface area (TPSA) is 53.6 Å². The average Bonchev–Trinajstić information content (AvgIpc) is 2.89. The molecule has 0 unspecified atom stereocenters. The van der Waals surface area contributed by atoms with Gasteiger partial charge in [0.05, 0.1) is 5.52 Å². The summed E-state index contributed by atoms with van der Waals surface area (Å²) in [5.74, 6) is 0.900. The van der Waals surface area contributed by atoms with E-state index >= 15 is 0 Å². The fraction of sp³-hybridized carbons (Fsp3) is 0.455. The van der Waals surface area contributed by atoms with Crippen LogP contribution in [-0.4, -0.2) is 21.2 Å². The molecule has 0 saturated heterocycles. The maximum Gasteiger partial charge on any atom is 0.174 e. The largest absolute Gasteiger partial charge is 0.364 e. The van der Waals surface area contributed by atoms with Crippen LogP contribution < -0.4 is 5.32 Å². The Morgan fingerprint density at radius 3 is 3.07 bits per heavy atom. The molecule has 1 aliphatic carbocycles. The van der Waals surface area contributed by atoms with Gasteiger partial charge in [0.15, 0.2) is 5.82 Å². The number of aromatic amines is 1. The minimum atomic E-state index is 0.582. The number of aromatic nitrogens is 3. The molecule has 78 valence electrons. The molecule has 0 aromatic carbocycles. The standard InChI is InChI=1S/C11H14N4/c1-2-5-8(4-1)13-11-10-9(14-15-11)6-3-7-12-10/h3,6-8H,1-2,4-5H2,(H2,13,14,15). The van der Waals surface area contributed by atoms with E-state index in [0.717, 1.165) is 16.9 Å². The van der Waals surface area contributed by atoms with Crippen molar-refractivity contribution in [2.24, 2.45) is 0 Å². The first kappa shape index (κ1) is 8.71. The molecule has 2 aromatic rings. The predicted molar refractivity (Wildman–Crippen MR) is 59.8 cm³/mol. The van der Waals surface area contributed by atoms with Crippen molar-refractivity contribution in [3.05, 3.63) is 18.3 Å². The van der Waals surface area contributed by atoms with Gasteiger partial charge in [-0.15, -0.1) is 0 Å². The molecule has 1 saturated carbocycles. The zero-order valence-corrected chi connectivity index (χ0v) is 8.53. The van der Waals surface area contributed by atoms with Gasteiger partial charge in [0.2, 0.25) is 0 Å².